The Bertz CT molecular complexity index is 244. The lowest BCUT2D eigenvalue weighted by Crippen LogP contribution is -1.99. The summed E-state index contributed by atoms with van der Waals surface area (Å²) in [6, 6.07) is 0. The predicted octanol–water partition coefficient (Wildman–Crippen LogP) is 2.63. The van der Waals surface area contributed by atoms with Crippen molar-refractivity contribution in [2.45, 2.75) is 33.6 Å². The van der Waals surface area contributed by atoms with Crippen molar-refractivity contribution in [3.05, 3.63) is 22.8 Å². The van der Waals surface area contributed by atoms with Gasteiger partial charge < -0.3 is 0 Å². The van der Waals surface area contributed by atoms with Gasteiger partial charge in [0.2, 0.25) is 0 Å². The summed E-state index contributed by atoms with van der Waals surface area (Å²) in [5.41, 5.74) is 3.48. The van der Waals surface area contributed by atoms with Crippen LogP contribution >= 0.6 is 0 Å². The largest absolute Gasteiger partial charge is 0.295 e. The Labute approximate surface area is 67.8 Å². The second-order valence-corrected chi connectivity index (χ2v) is 3.11. The van der Waals surface area contributed by atoms with E-state index in [2.05, 4.69) is 13.0 Å². The zero-order chi connectivity index (χ0) is 8.43. The van der Waals surface area contributed by atoms with Gasteiger partial charge in [-0.2, -0.15) is 0 Å². The van der Waals surface area contributed by atoms with E-state index in [9.17, 15) is 4.79 Å². The molecule has 0 fully saturated rings. The minimum absolute atomic E-state index is 0.301. The number of Topliss-reactive ketones (excluding diaryl/α,β-unsaturated/α-hetero) is 1. The highest BCUT2D eigenvalue weighted by atomic mass is 16.1. The molecule has 1 nitrogen and oxygen atoms in total. The molecule has 1 aliphatic rings. The van der Waals surface area contributed by atoms with Gasteiger partial charge >= 0.3 is 0 Å². The van der Waals surface area contributed by atoms with Crippen molar-refractivity contribution >= 4 is 5.78 Å². The standard InChI is InChI=1S/C10H14O/c1-4-10(11)9-6-7(2)5-8(9)3/h5H,4,6H2,1-3H3. The van der Waals surface area contributed by atoms with Crippen LogP contribution in [0.4, 0.5) is 0 Å². The summed E-state index contributed by atoms with van der Waals surface area (Å²) in [7, 11) is 0. The van der Waals surface area contributed by atoms with Crippen LogP contribution in [-0.2, 0) is 4.79 Å². The van der Waals surface area contributed by atoms with Gasteiger partial charge in [-0.25, -0.2) is 0 Å². The van der Waals surface area contributed by atoms with Crippen molar-refractivity contribution in [1.29, 1.82) is 0 Å². The van der Waals surface area contributed by atoms with Crippen molar-refractivity contribution in [2.75, 3.05) is 0 Å². The Morgan fingerprint density at radius 2 is 2.18 bits per heavy atom. The molecule has 0 aromatic carbocycles. The molecule has 0 saturated carbocycles. The number of allylic oxidation sites excluding steroid dienone is 4. The topological polar surface area (TPSA) is 17.1 Å². The Kier molecular flexibility index (Phi) is 2.28. The van der Waals surface area contributed by atoms with Crippen LogP contribution in [-0.4, -0.2) is 5.78 Å². The molecular formula is C10H14O. The van der Waals surface area contributed by atoms with Gasteiger partial charge in [0.25, 0.3) is 0 Å². The van der Waals surface area contributed by atoms with Gasteiger partial charge in [0.05, 0.1) is 0 Å². The summed E-state index contributed by atoms with van der Waals surface area (Å²) < 4.78 is 0. The van der Waals surface area contributed by atoms with E-state index in [1.54, 1.807) is 0 Å². The van der Waals surface area contributed by atoms with Crippen molar-refractivity contribution in [2.24, 2.45) is 0 Å². The molecule has 1 heteroatoms. The molecule has 0 N–H and O–H groups in total. The minimum Gasteiger partial charge on any atom is -0.295 e. The molecule has 0 saturated heterocycles. The van der Waals surface area contributed by atoms with Crippen molar-refractivity contribution in [3.63, 3.8) is 0 Å². The molecule has 0 radical (unpaired) electrons. The summed E-state index contributed by atoms with van der Waals surface area (Å²) in [5.74, 6) is 0.301. The average molecular weight is 150 g/mol. The van der Waals surface area contributed by atoms with Crippen LogP contribution in [0, 0.1) is 0 Å². The van der Waals surface area contributed by atoms with Gasteiger partial charge in [-0.3, -0.25) is 4.79 Å². The van der Waals surface area contributed by atoms with Gasteiger partial charge in [-0.15, -0.1) is 0 Å². The van der Waals surface area contributed by atoms with E-state index in [1.165, 1.54) is 5.57 Å². The van der Waals surface area contributed by atoms with E-state index in [0.717, 1.165) is 17.6 Å². The Hall–Kier alpha value is -0.850. The molecule has 0 bridgehead atoms. The maximum absolute atomic E-state index is 11.3. The SMILES string of the molecule is CCC(=O)C1=C(C)C=C(C)C1. The maximum Gasteiger partial charge on any atom is 0.159 e. The number of hydrogen-bond donors (Lipinski definition) is 0. The van der Waals surface area contributed by atoms with Gasteiger partial charge in [-0.05, 0) is 25.8 Å². The second kappa shape index (κ2) is 3.04. The molecule has 0 spiro atoms. The molecule has 0 heterocycles. The molecule has 60 valence electrons. The van der Waals surface area contributed by atoms with Crippen LogP contribution in [0.1, 0.15) is 33.6 Å². The van der Waals surface area contributed by atoms with Gasteiger partial charge in [0, 0.05) is 12.0 Å². The van der Waals surface area contributed by atoms with E-state index in [0.29, 0.717) is 12.2 Å². The number of ketones is 1. The molecule has 0 amide bonds. The van der Waals surface area contributed by atoms with Crippen LogP contribution in [0.3, 0.4) is 0 Å². The molecule has 11 heavy (non-hydrogen) atoms. The van der Waals surface area contributed by atoms with Crippen molar-refractivity contribution in [1.82, 2.24) is 0 Å². The fourth-order valence-corrected chi connectivity index (χ4v) is 1.46. The Morgan fingerprint density at radius 3 is 2.55 bits per heavy atom. The second-order valence-electron chi connectivity index (χ2n) is 3.11. The zero-order valence-corrected chi connectivity index (χ0v) is 7.40. The Morgan fingerprint density at radius 1 is 1.55 bits per heavy atom. The molecule has 0 unspecified atom stereocenters. The lowest BCUT2D eigenvalue weighted by molar-refractivity contribution is -0.115. The third kappa shape index (κ3) is 1.59. The first kappa shape index (κ1) is 8.25. The highest BCUT2D eigenvalue weighted by molar-refractivity contribution is 5.97. The normalized spacial score (nSPS) is 17.2. The van der Waals surface area contributed by atoms with Crippen LogP contribution in [0.5, 0.6) is 0 Å². The number of hydrogen-bond acceptors (Lipinski definition) is 1. The summed E-state index contributed by atoms with van der Waals surface area (Å²) in [6.45, 7) is 6.00. The minimum atomic E-state index is 0.301. The monoisotopic (exact) mass is 150 g/mol. The van der Waals surface area contributed by atoms with E-state index in [4.69, 9.17) is 0 Å². The first-order valence-corrected chi connectivity index (χ1v) is 4.05. The average Bonchev–Trinajstić information content (AvgIpc) is 2.28. The molecule has 0 aromatic rings. The van der Waals surface area contributed by atoms with Gasteiger partial charge in [0.1, 0.15) is 0 Å². The first-order valence-electron chi connectivity index (χ1n) is 4.05. The van der Waals surface area contributed by atoms with Crippen LogP contribution in [0.25, 0.3) is 0 Å². The quantitative estimate of drug-likeness (QED) is 0.591. The van der Waals surface area contributed by atoms with Gasteiger partial charge in [0.15, 0.2) is 5.78 Å². The fraction of sp³-hybridized carbons (Fsp3) is 0.500. The van der Waals surface area contributed by atoms with E-state index >= 15 is 0 Å². The van der Waals surface area contributed by atoms with Crippen molar-refractivity contribution < 1.29 is 4.79 Å². The third-order valence-corrected chi connectivity index (χ3v) is 2.05. The molecule has 1 rings (SSSR count). The summed E-state index contributed by atoms with van der Waals surface area (Å²) in [5, 5.41) is 0. The fourth-order valence-electron chi connectivity index (χ4n) is 1.46. The number of rotatable bonds is 2. The Balaban J connectivity index is 2.79. The molecule has 0 aromatic heterocycles. The maximum atomic E-state index is 11.3. The van der Waals surface area contributed by atoms with Crippen molar-refractivity contribution in [3.8, 4) is 0 Å². The summed E-state index contributed by atoms with van der Waals surface area (Å²) >= 11 is 0. The van der Waals surface area contributed by atoms with Crippen LogP contribution in [0.15, 0.2) is 22.8 Å². The highest BCUT2D eigenvalue weighted by Gasteiger charge is 2.15. The molecule has 0 aliphatic heterocycles. The predicted molar refractivity (Wildman–Crippen MR) is 46.4 cm³/mol. The van der Waals surface area contributed by atoms with E-state index < -0.39 is 0 Å². The zero-order valence-electron chi connectivity index (χ0n) is 7.40. The molecule has 1 aliphatic carbocycles. The van der Waals surface area contributed by atoms with E-state index in [-0.39, 0.29) is 0 Å². The van der Waals surface area contributed by atoms with E-state index in [1.807, 2.05) is 13.8 Å². The first-order chi connectivity index (χ1) is 5.15. The lowest BCUT2D eigenvalue weighted by atomic mass is 10.0. The summed E-state index contributed by atoms with van der Waals surface area (Å²) in [4.78, 5) is 11.3. The number of carbonyl (C=O) groups is 1. The highest BCUT2D eigenvalue weighted by Crippen LogP contribution is 2.25. The third-order valence-electron chi connectivity index (χ3n) is 2.05. The van der Waals surface area contributed by atoms with Gasteiger partial charge in [-0.1, -0.05) is 18.6 Å². The smallest absolute Gasteiger partial charge is 0.159 e. The molecule has 0 atom stereocenters. The molecular weight excluding hydrogens is 136 g/mol. The number of carbonyl (C=O) groups excluding carboxylic acids is 1. The van der Waals surface area contributed by atoms with Crippen LogP contribution < -0.4 is 0 Å². The lowest BCUT2D eigenvalue weighted by Gasteiger charge is -1.99. The summed E-state index contributed by atoms with van der Waals surface area (Å²) in [6.07, 6.45) is 3.61. The van der Waals surface area contributed by atoms with Crippen LogP contribution in [0.2, 0.25) is 0 Å².